The Morgan fingerprint density at radius 1 is 1.03 bits per heavy atom. The highest BCUT2D eigenvalue weighted by atomic mass is 16.2. The van der Waals surface area contributed by atoms with Crippen LogP contribution in [0.15, 0.2) is 30.3 Å². The maximum absolute atomic E-state index is 13.2. The minimum atomic E-state index is -0.765. The van der Waals surface area contributed by atoms with E-state index in [9.17, 15) is 19.2 Å². The predicted octanol–water partition coefficient (Wildman–Crippen LogP) is 2.78. The molecule has 5 amide bonds. The number of carbonyl (C=O) groups excluding carboxylic acids is 4. The number of hydrogen-bond donors (Lipinski definition) is 1. The molecule has 2 aliphatic heterocycles. The van der Waals surface area contributed by atoms with Gasteiger partial charge in [-0.1, -0.05) is 37.5 Å². The molecule has 1 saturated carbocycles. The Kier molecular flexibility index (Phi) is 7.00. The van der Waals surface area contributed by atoms with Gasteiger partial charge in [0.1, 0.15) is 12.1 Å². The van der Waals surface area contributed by atoms with Crippen molar-refractivity contribution in [2.24, 2.45) is 0 Å². The molecular formula is C25H34N4O4. The lowest BCUT2D eigenvalue weighted by atomic mass is 9.81. The van der Waals surface area contributed by atoms with Crippen LogP contribution in [0.3, 0.4) is 0 Å². The van der Waals surface area contributed by atoms with E-state index in [-0.39, 0.29) is 36.3 Å². The van der Waals surface area contributed by atoms with Gasteiger partial charge in [-0.05, 0) is 50.7 Å². The first-order valence-electron chi connectivity index (χ1n) is 12.2. The van der Waals surface area contributed by atoms with Gasteiger partial charge in [0, 0.05) is 31.7 Å². The van der Waals surface area contributed by atoms with Gasteiger partial charge in [0.2, 0.25) is 5.91 Å². The number of likely N-dealkylation sites (tertiary alicyclic amines) is 1. The summed E-state index contributed by atoms with van der Waals surface area (Å²) in [4.78, 5) is 56.2. The van der Waals surface area contributed by atoms with E-state index < -0.39 is 5.54 Å². The van der Waals surface area contributed by atoms with Gasteiger partial charge in [0.05, 0.1) is 0 Å². The van der Waals surface area contributed by atoms with Gasteiger partial charge in [-0.2, -0.15) is 0 Å². The van der Waals surface area contributed by atoms with Crippen LogP contribution in [0.4, 0.5) is 4.79 Å². The molecule has 1 spiro atoms. The number of urea groups is 1. The van der Waals surface area contributed by atoms with Crippen LogP contribution in [0.2, 0.25) is 0 Å². The number of imide groups is 1. The fourth-order valence-electron chi connectivity index (χ4n) is 5.57. The van der Waals surface area contributed by atoms with Gasteiger partial charge < -0.3 is 15.1 Å². The standard InChI is InChI=1S/C25H34N4O4/c1-27-24(33)29(23(32)25(27)14-7-3-8-15-25)18-21(30)28-17-9-6-12-20(28)13-16-26-22(31)19-10-4-2-5-11-19/h2,4-5,10-11,20H,3,6-9,12-18H2,1H3,(H,26,31). The number of carbonyl (C=O) groups is 4. The number of benzene rings is 1. The van der Waals surface area contributed by atoms with E-state index in [1.807, 2.05) is 23.1 Å². The summed E-state index contributed by atoms with van der Waals surface area (Å²) in [5, 5.41) is 2.94. The monoisotopic (exact) mass is 454 g/mol. The summed E-state index contributed by atoms with van der Waals surface area (Å²) in [5.41, 5.74) is -0.153. The second kappa shape index (κ2) is 9.93. The van der Waals surface area contributed by atoms with Crippen molar-refractivity contribution in [2.45, 2.75) is 69.4 Å². The quantitative estimate of drug-likeness (QED) is 0.670. The summed E-state index contributed by atoms with van der Waals surface area (Å²) in [6.07, 6.45) is 7.71. The van der Waals surface area contributed by atoms with Gasteiger partial charge in [-0.15, -0.1) is 0 Å². The first-order valence-corrected chi connectivity index (χ1v) is 12.2. The van der Waals surface area contributed by atoms with Crippen LogP contribution in [0.1, 0.15) is 68.1 Å². The average Bonchev–Trinajstić information content (AvgIpc) is 3.01. The molecular weight excluding hydrogens is 420 g/mol. The smallest absolute Gasteiger partial charge is 0.327 e. The SMILES string of the molecule is CN1C(=O)N(CC(=O)N2CCCCC2CCNC(=O)c2ccccc2)C(=O)C12CCCCC2. The van der Waals surface area contributed by atoms with Crippen molar-refractivity contribution in [1.82, 2.24) is 20.0 Å². The zero-order chi connectivity index (χ0) is 23.4. The third-order valence-corrected chi connectivity index (χ3v) is 7.52. The van der Waals surface area contributed by atoms with Crippen molar-refractivity contribution in [1.29, 1.82) is 0 Å². The highest BCUT2D eigenvalue weighted by Crippen LogP contribution is 2.39. The number of rotatable bonds is 6. The van der Waals surface area contributed by atoms with Crippen molar-refractivity contribution in [3.8, 4) is 0 Å². The average molecular weight is 455 g/mol. The summed E-state index contributed by atoms with van der Waals surface area (Å²) in [5.74, 6) is -0.526. The van der Waals surface area contributed by atoms with Gasteiger partial charge in [0.15, 0.2) is 0 Å². The van der Waals surface area contributed by atoms with E-state index in [4.69, 9.17) is 0 Å². The van der Waals surface area contributed by atoms with Gasteiger partial charge in [-0.3, -0.25) is 19.3 Å². The Hall–Kier alpha value is -2.90. The molecule has 1 aromatic carbocycles. The van der Waals surface area contributed by atoms with Crippen LogP contribution in [-0.4, -0.2) is 76.7 Å². The first-order chi connectivity index (χ1) is 15.9. The van der Waals surface area contributed by atoms with E-state index >= 15 is 0 Å². The highest BCUT2D eigenvalue weighted by molar-refractivity contribution is 6.09. The molecule has 3 aliphatic rings. The van der Waals surface area contributed by atoms with Crippen molar-refractivity contribution in [3.63, 3.8) is 0 Å². The zero-order valence-electron chi connectivity index (χ0n) is 19.4. The number of nitrogens with one attached hydrogen (secondary N) is 1. The molecule has 1 aromatic rings. The summed E-state index contributed by atoms with van der Waals surface area (Å²) >= 11 is 0. The van der Waals surface area contributed by atoms with E-state index in [1.165, 1.54) is 0 Å². The van der Waals surface area contributed by atoms with Gasteiger partial charge in [-0.25, -0.2) is 4.79 Å². The maximum atomic E-state index is 13.2. The zero-order valence-corrected chi connectivity index (χ0v) is 19.4. The molecule has 1 N–H and O–H groups in total. The van der Waals surface area contributed by atoms with Crippen LogP contribution in [0.5, 0.6) is 0 Å². The van der Waals surface area contributed by atoms with Gasteiger partial charge in [0.25, 0.3) is 11.8 Å². The van der Waals surface area contributed by atoms with Crippen molar-refractivity contribution < 1.29 is 19.2 Å². The Labute approximate surface area is 195 Å². The molecule has 0 radical (unpaired) electrons. The Morgan fingerprint density at radius 2 is 1.76 bits per heavy atom. The lowest BCUT2D eigenvalue weighted by Crippen LogP contribution is -2.51. The van der Waals surface area contributed by atoms with Crippen molar-refractivity contribution in [2.75, 3.05) is 26.7 Å². The van der Waals surface area contributed by atoms with Crippen LogP contribution in [-0.2, 0) is 9.59 Å². The fourth-order valence-corrected chi connectivity index (χ4v) is 5.57. The van der Waals surface area contributed by atoms with Crippen LogP contribution >= 0.6 is 0 Å². The third kappa shape index (κ3) is 4.61. The molecule has 4 rings (SSSR count). The molecule has 33 heavy (non-hydrogen) atoms. The molecule has 0 aromatic heterocycles. The second-order valence-corrected chi connectivity index (χ2v) is 9.47. The largest absolute Gasteiger partial charge is 0.352 e. The number of hydrogen-bond acceptors (Lipinski definition) is 4. The minimum absolute atomic E-state index is 0.00324. The summed E-state index contributed by atoms with van der Waals surface area (Å²) in [6, 6.07) is 8.69. The van der Waals surface area contributed by atoms with Crippen molar-refractivity contribution in [3.05, 3.63) is 35.9 Å². The van der Waals surface area contributed by atoms with Crippen LogP contribution in [0.25, 0.3) is 0 Å². The van der Waals surface area contributed by atoms with E-state index in [1.54, 1.807) is 24.1 Å². The molecule has 2 heterocycles. The Morgan fingerprint density at radius 3 is 2.48 bits per heavy atom. The fraction of sp³-hybridized carbons (Fsp3) is 0.600. The van der Waals surface area contributed by atoms with Crippen LogP contribution < -0.4 is 5.32 Å². The molecule has 1 atom stereocenters. The lowest BCUT2D eigenvalue weighted by Gasteiger charge is -2.37. The molecule has 8 nitrogen and oxygen atoms in total. The normalized spacial score (nSPS) is 22.7. The number of nitrogens with zero attached hydrogens (tertiary/aromatic N) is 3. The second-order valence-electron chi connectivity index (χ2n) is 9.47. The Balaban J connectivity index is 1.35. The third-order valence-electron chi connectivity index (χ3n) is 7.52. The summed E-state index contributed by atoms with van der Waals surface area (Å²) in [7, 11) is 1.69. The summed E-state index contributed by atoms with van der Waals surface area (Å²) in [6.45, 7) is 0.888. The van der Waals surface area contributed by atoms with E-state index in [0.29, 0.717) is 37.9 Å². The highest BCUT2D eigenvalue weighted by Gasteiger charge is 2.56. The van der Waals surface area contributed by atoms with Gasteiger partial charge >= 0.3 is 6.03 Å². The lowest BCUT2D eigenvalue weighted by molar-refractivity contribution is -0.142. The molecule has 178 valence electrons. The van der Waals surface area contributed by atoms with E-state index in [2.05, 4.69) is 5.32 Å². The molecule has 3 fully saturated rings. The maximum Gasteiger partial charge on any atom is 0.327 e. The number of amides is 5. The molecule has 2 saturated heterocycles. The topological polar surface area (TPSA) is 90.0 Å². The minimum Gasteiger partial charge on any atom is -0.352 e. The van der Waals surface area contributed by atoms with Crippen molar-refractivity contribution >= 4 is 23.8 Å². The number of likely N-dealkylation sites (N-methyl/N-ethyl adjacent to an activating group) is 1. The predicted molar refractivity (Wildman–Crippen MR) is 123 cm³/mol. The molecule has 8 heteroatoms. The Bertz CT molecular complexity index is 897. The first kappa shape index (κ1) is 23.3. The molecule has 1 aliphatic carbocycles. The molecule has 1 unspecified atom stereocenters. The van der Waals surface area contributed by atoms with E-state index in [0.717, 1.165) is 43.4 Å². The number of piperidine rings is 1. The summed E-state index contributed by atoms with van der Waals surface area (Å²) < 4.78 is 0. The molecule has 0 bridgehead atoms. The van der Waals surface area contributed by atoms with Crippen LogP contribution in [0, 0.1) is 0 Å².